The molecule has 4 rings (SSSR count). The fourth-order valence-corrected chi connectivity index (χ4v) is 5.49. The Kier molecular flexibility index (Phi) is 8.04. The van der Waals surface area contributed by atoms with Crippen molar-refractivity contribution in [2.24, 2.45) is 0 Å². The zero-order chi connectivity index (χ0) is 24.0. The molecule has 0 aliphatic carbocycles. The predicted octanol–water partition coefficient (Wildman–Crippen LogP) is 2.12. The number of carbonyl (C=O) groups is 1. The topological polar surface area (TPSA) is 97.4 Å². The maximum absolute atomic E-state index is 13.2. The van der Waals surface area contributed by atoms with Crippen LogP contribution < -0.4 is 15.0 Å². The van der Waals surface area contributed by atoms with Crippen LogP contribution in [0.5, 0.6) is 5.75 Å². The van der Waals surface area contributed by atoms with Gasteiger partial charge in [0.1, 0.15) is 5.75 Å². The molecule has 1 amide bonds. The molecule has 184 valence electrons. The summed E-state index contributed by atoms with van der Waals surface area (Å²) in [7, 11) is -2.07. The van der Waals surface area contributed by atoms with Crippen LogP contribution in [-0.4, -0.2) is 78.3 Å². The Bertz CT molecular complexity index is 1080. The van der Waals surface area contributed by atoms with E-state index in [1.807, 2.05) is 24.3 Å². The predicted molar refractivity (Wildman–Crippen MR) is 129 cm³/mol. The number of ether oxygens (including phenoxy) is 3. The third-order valence-corrected chi connectivity index (χ3v) is 7.90. The molecule has 2 heterocycles. The van der Waals surface area contributed by atoms with E-state index in [1.165, 1.54) is 4.31 Å². The normalized spacial score (nSPS) is 17.4. The highest BCUT2D eigenvalue weighted by Gasteiger charge is 2.28. The van der Waals surface area contributed by atoms with Gasteiger partial charge in [-0.05, 0) is 42.3 Å². The van der Waals surface area contributed by atoms with Crippen molar-refractivity contribution in [1.29, 1.82) is 0 Å². The van der Waals surface area contributed by atoms with Gasteiger partial charge in [0, 0.05) is 32.6 Å². The van der Waals surface area contributed by atoms with Crippen molar-refractivity contribution in [2.45, 2.75) is 17.7 Å². The lowest BCUT2D eigenvalue weighted by atomic mass is 10.1. The van der Waals surface area contributed by atoms with Gasteiger partial charge in [0.05, 0.1) is 49.8 Å². The number of sulfonamides is 1. The van der Waals surface area contributed by atoms with Gasteiger partial charge in [0.2, 0.25) is 15.9 Å². The summed E-state index contributed by atoms with van der Waals surface area (Å²) in [6.45, 7) is 3.89. The van der Waals surface area contributed by atoms with Crippen LogP contribution in [0.2, 0.25) is 0 Å². The van der Waals surface area contributed by atoms with E-state index in [0.29, 0.717) is 64.7 Å². The second kappa shape index (κ2) is 11.2. The van der Waals surface area contributed by atoms with Crippen LogP contribution in [0.1, 0.15) is 12.0 Å². The van der Waals surface area contributed by atoms with E-state index in [1.54, 1.807) is 25.3 Å². The third kappa shape index (κ3) is 5.87. The average Bonchev–Trinajstić information content (AvgIpc) is 2.89. The molecule has 2 saturated heterocycles. The number of rotatable bonds is 8. The van der Waals surface area contributed by atoms with E-state index in [-0.39, 0.29) is 17.2 Å². The second-order valence-corrected chi connectivity index (χ2v) is 10.1. The summed E-state index contributed by atoms with van der Waals surface area (Å²) in [5.74, 6) is 0.591. The number of benzene rings is 2. The van der Waals surface area contributed by atoms with Crippen LogP contribution in [0.3, 0.4) is 0 Å². The Labute approximate surface area is 200 Å². The van der Waals surface area contributed by atoms with Gasteiger partial charge in [-0.1, -0.05) is 12.1 Å². The van der Waals surface area contributed by atoms with Gasteiger partial charge in [0.15, 0.2) is 0 Å². The summed E-state index contributed by atoms with van der Waals surface area (Å²) in [5.41, 5.74) is 2.31. The number of morpholine rings is 2. The van der Waals surface area contributed by atoms with E-state index in [4.69, 9.17) is 14.2 Å². The van der Waals surface area contributed by atoms with Gasteiger partial charge >= 0.3 is 0 Å². The van der Waals surface area contributed by atoms with Crippen LogP contribution in [0.25, 0.3) is 0 Å². The first-order chi connectivity index (χ1) is 16.5. The van der Waals surface area contributed by atoms with Crippen LogP contribution in [-0.2, 0) is 30.7 Å². The zero-order valence-corrected chi connectivity index (χ0v) is 20.2. The zero-order valence-electron chi connectivity index (χ0n) is 19.4. The number of methoxy groups -OCH3 is 1. The second-order valence-electron chi connectivity index (χ2n) is 8.19. The first-order valence-corrected chi connectivity index (χ1v) is 12.9. The minimum atomic E-state index is -3.68. The molecule has 10 heteroatoms. The van der Waals surface area contributed by atoms with Crippen molar-refractivity contribution < 1.29 is 27.4 Å². The first kappa shape index (κ1) is 24.5. The van der Waals surface area contributed by atoms with Gasteiger partial charge in [0.25, 0.3) is 0 Å². The molecule has 0 spiro atoms. The molecule has 0 saturated carbocycles. The summed E-state index contributed by atoms with van der Waals surface area (Å²) < 4.78 is 43.7. The van der Waals surface area contributed by atoms with Gasteiger partial charge in [-0.3, -0.25) is 4.79 Å². The number of anilines is 2. The molecule has 0 radical (unpaired) electrons. The molecule has 2 aliphatic rings. The number of nitrogens with zero attached hydrogens (tertiary/aromatic N) is 2. The minimum Gasteiger partial charge on any atom is -0.497 e. The van der Waals surface area contributed by atoms with Crippen LogP contribution in [0.15, 0.2) is 47.4 Å². The molecule has 0 aromatic heterocycles. The summed E-state index contributed by atoms with van der Waals surface area (Å²) in [6, 6.07) is 12.6. The highest BCUT2D eigenvalue weighted by Crippen LogP contribution is 2.31. The summed E-state index contributed by atoms with van der Waals surface area (Å²) >= 11 is 0. The Morgan fingerprint density at radius 3 is 2.26 bits per heavy atom. The molecule has 0 atom stereocenters. The van der Waals surface area contributed by atoms with Crippen molar-refractivity contribution in [3.63, 3.8) is 0 Å². The van der Waals surface area contributed by atoms with Crippen molar-refractivity contribution in [2.75, 3.05) is 69.9 Å². The Morgan fingerprint density at radius 1 is 0.971 bits per heavy atom. The largest absolute Gasteiger partial charge is 0.497 e. The van der Waals surface area contributed by atoms with Crippen LogP contribution in [0, 0.1) is 0 Å². The molecule has 2 aliphatic heterocycles. The van der Waals surface area contributed by atoms with Crippen molar-refractivity contribution >= 4 is 27.3 Å². The van der Waals surface area contributed by atoms with E-state index in [0.717, 1.165) is 17.0 Å². The number of amides is 1. The number of hydrogen-bond acceptors (Lipinski definition) is 7. The molecule has 2 aromatic rings. The third-order valence-electron chi connectivity index (χ3n) is 6.00. The molecule has 2 aromatic carbocycles. The van der Waals surface area contributed by atoms with Gasteiger partial charge in [-0.25, -0.2) is 8.42 Å². The van der Waals surface area contributed by atoms with Crippen molar-refractivity contribution in [1.82, 2.24) is 4.31 Å². The molecule has 9 nitrogen and oxygen atoms in total. The molecule has 1 N–H and O–H groups in total. The first-order valence-electron chi connectivity index (χ1n) is 11.4. The monoisotopic (exact) mass is 489 g/mol. The number of nitrogens with one attached hydrogen (secondary N) is 1. The Morgan fingerprint density at radius 2 is 1.62 bits per heavy atom. The van der Waals surface area contributed by atoms with E-state index in [9.17, 15) is 13.2 Å². The van der Waals surface area contributed by atoms with Crippen molar-refractivity contribution in [3.05, 3.63) is 48.0 Å². The molecular formula is C24H31N3O6S. The standard InChI is InChI=1S/C24H31N3O6S/c1-31-20-5-2-19(3-6-20)4-9-24(28)25-22-18-21(34(29,30)27-12-16-33-17-13-27)7-8-23(22)26-10-14-32-15-11-26/h2-3,5-8,18H,4,9-17H2,1H3,(H,25,28). The fourth-order valence-electron chi connectivity index (χ4n) is 4.05. The molecule has 0 bridgehead atoms. The minimum absolute atomic E-state index is 0.164. The molecule has 2 fully saturated rings. The quantitative estimate of drug-likeness (QED) is 0.607. The molecule has 34 heavy (non-hydrogen) atoms. The average molecular weight is 490 g/mol. The highest BCUT2D eigenvalue weighted by molar-refractivity contribution is 7.89. The lowest BCUT2D eigenvalue weighted by molar-refractivity contribution is -0.116. The Hall–Kier alpha value is -2.66. The lowest BCUT2D eigenvalue weighted by Gasteiger charge is -2.31. The van der Waals surface area contributed by atoms with E-state index < -0.39 is 10.0 Å². The smallest absolute Gasteiger partial charge is 0.243 e. The van der Waals surface area contributed by atoms with Crippen LogP contribution in [0.4, 0.5) is 11.4 Å². The van der Waals surface area contributed by atoms with Crippen LogP contribution >= 0.6 is 0 Å². The summed E-state index contributed by atoms with van der Waals surface area (Å²) in [6.07, 6.45) is 0.837. The van der Waals surface area contributed by atoms with Gasteiger partial charge in [-0.2, -0.15) is 4.31 Å². The SMILES string of the molecule is COc1ccc(CCC(=O)Nc2cc(S(=O)(=O)N3CCOCC3)ccc2N2CCOCC2)cc1. The van der Waals surface area contributed by atoms with Gasteiger partial charge in [-0.15, -0.1) is 0 Å². The molecule has 0 unspecified atom stereocenters. The van der Waals surface area contributed by atoms with E-state index in [2.05, 4.69) is 10.2 Å². The maximum atomic E-state index is 13.2. The lowest BCUT2D eigenvalue weighted by Crippen LogP contribution is -2.40. The van der Waals surface area contributed by atoms with Crippen molar-refractivity contribution in [3.8, 4) is 5.75 Å². The number of carbonyl (C=O) groups excluding carboxylic acids is 1. The Balaban J connectivity index is 1.53. The molecular weight excluding hydrogens is 458 g/mol. The highest BCUT2D eigenvalue weighted by atomic mass is 32.2. The fraction of sp³-hybridized carbons (Fsp3) is 0.458. The number of aryl methyl sites for hydroxylation is 1. The summed E-state index contributed by atoms with van der Waals surface area (Å²) in [4.78, 5) is 15.1. The van der Waals surface area contributed by atoms with E-state index >= 15 is 0 Å². The summed E-state index contributed by atoms with van der Waals surface area (Å²) in [5, 5.41) is 2.96. The maximum Gasteiger partial charge on any atom is 0.243 e. The van der Waals surface area contributed by atoms with Gasteiger partial charge < -0.3 is 24.4 Å². The number of hydrogen-bond donors (Lipinski definition) is 1.